The highest BCUT2D eigenvalue weighted by molar-refractivity contribution is 6.15. The van der Waals surface area contributed by atoms with Crippen LogP contribution in [-0.2, 0) is 9.59 Å². The molecule has 0 saturated heterocycles. The average molecular weight is 483 g/mol. The van der Waals surface area contributed by atoms with Crippen molar-refractivity contribution < 1.29 is 19.5 Å². The standard InChI is InChI=1S/C30H30N2O4/c33-18-17-30(29(35)36,31-20-15-16-20)27-23-10-3-4-13-25(23)32(26-14-6-12-24(26)27)28(34)22-11-5-8-19-7-1-2-9-21(19)22/h1-5,7-11,13,18,20,24,26-27,31H,6,12,14-17H2,(H,35,36). The Kier molecular flexibility index (Phi) is 5.64. The zero-order valence-corrected chi connectivity index (χ0v) is 20.1. The fourth-order valence-electron chi connectivity index (χ4n) is 6.77. The Balaban J connectivity index is 1.52. The molecule has 4 atom stereocenters. The number of hydrogen-bond acceptors (Lipinski definition) is 4. The molecule has 0 spiro atoms. The maximum atomic E-state index is 14.3. The maximum absolute atomic E-state index is 14.3. The molecule has 2 aliphatic carbocycles. The number of aliphatic carboxylic acids is 1. The smallest absolute Gasteiger partial charge is 0.325 e. The molecule has 0 aromatic heterocycles. The maximum Gasteiger partial charge on any atom is 0.325 e. The van der Waals surface area contributed by atoms with Gasteiger partial charge in [0.2, 0.25) is 0 Å². The Hall–Kier alpha value is -3.51. The lowest BCUT2D eigenvalue weighted by Crippen LogP contribution is -2.62. The molecule has 2 N–H and O–H groups in total. The third kappa shape index (κ3) is 3.54. The molecule has 2 saturated carbocycles. The summed E-state index contributed by atoms with van der Waals surface area (Å²) < 4.78 is 0. The van der Waals surface area contributed by atoms with E-state index in [-0.39, 0.29) is 30.3 Å². The highest BCUT2D eigenvalue weighted by Gasteiger charge is 2.58. The number of para-hydroxylation sites is 1. The summed E-state index contributed by atoms with van der Waals surface area (Å²) in [7, 11) is 0. The number of anilines is 1. The van der Waals surface area contributed by atoms with Gasteiger partial charge in [-0.1, -0.05) is 61.0 Å². The van der Waals surface area contributed by atoms with Gasteiger partial charge in [-0.25, -0.2) is 0 Å². The van der Waals surface area contributed by atoms with Gasteiger partial charge in [0.05, 0.1) is 0 Å². The van der Waals surface area contributed by atoms with E-state index >= 15 is 0 Å². The van der Waals surface area contributed by atoms with Gasteiger partial charge in [0.1, 0.15) is 11.8 Å². The predicted molar refractivity (Wildman–Crippen MR) is 138 cm³/mol. The van der Waals surface area contributed by atoms with E-state index in [2.05, 4.69) is 5.32 Å². The Labute approximate surface area is 210 Å². The molecule has 1 heterocycles. The minimum atomic E-state index is -1.39. The molecular formula is C30H30N2O4. The van der Waals surface area contributed by atoms with Crippen LogP contribution in [-0.4, -0.2) is 40.9 Å². The minimum absolute atomic E-state index is 0.0545. The molecule has 3 aromatic rings. The topological polar surface area (TPSA) is 86.7 Å². The van der Waals surface area contributed by atoms with Crippen LogP contribution in [0.25, 0.3) is 10.8 Å². The second kappa shape index (κ2) is 8.86. The number of nitrogens with one attached hydrogen (secondary N) is 1. The lowest BCUT2D eigenvalue weighted by Gasteiger charge is -2.50. The predicted octanol–water partition coefficient (Wildman–Crippen LogP) is 4.92. The van der Waals surface area contributed by atoms with E-state index in [0.29, 0.717) is 5.56 Å². The van der Waals surface area contributed by atoms with Crippen molar-refractivity contribution in [3.63, 3.8) is 0 Å². The third-order valence-electron chi connectivity index (χ3n) is 8.42. The minimum Gasteiger partial charge on any atom is -0.480 e. The summed E-state index contributed by atoms with van der Waals surface area (Å²) in [6.07, 6.45) is 5.03. The Bertz CT molecular complexity index is 1340. The summed E-state index contributed by atoms with van der Waals surface area (Å²) in [6.45, 7) is 0. The molecule has 2 fully saturated rings. The fraction of sp³-hybridized carbons (Fsp3) is 0.367. The number of benzene rings is 3. The van der Waals surface area contributed by atoms with Crippen LogP contribution < -0.4 is 10.2 Å². The van der Waals surface area contributed by atoms with E-state index in [4.69, 9.17) is 0 Å². The van der Waals surface area contributed by atoms with Gasteiger partial charge in [-0.05, 0) is 60.1 Å². The second-order valence-electron chi connectivity index (χ2n) is 10.5. The van der Waals surface area contributed by atoms with E-state index in [0.717, 1.165) is 60.4 Å². The number of carboxylic acid groups (broad SMARTS) is 1. The van der Waals surface area contributed by atoms with Gasteiger partial charge < -0.3 is 14.8 Å². The Morgan fingerprint density at radius 3 is 2.50 bits per heavy atom. The van der Waals surface area contributed by atoms with Crippen LogP contribution in [0.15, 0.2) is 66.7 Å². The summed E-state index contributed by atoms with van der Waals surface area (Å²) in [6, 6.07) is 21.4. The van der Waals surface area contributed by atoms with E-state index in [9.17, 15) is 19.5 Å². The molecule has 1 aliphatic heterocycles. The molecule has 1 amide bonds. The van der Waals surface area contributed by atoms with Crippen molar-refractivity contribution in [2.24, 2.45) is 5.92 Å². The van der Waals surface area contributed by atoms with Crippen LogP contribution in [0.3, 0.4) is 0 Å². The SMILES string of the molecule is O=CCC(NC1CC1)(C(=O)O)C1c2ccccc2N(C(=O)c2cccc3ccccc23)C2CCCC21. The number of hydrogen-bond donors (Lipinski definition) is 2. The number of rotatable bonds is 7. The van der Waals surface area contributed by atoms with Crippen LogP contribution in [0.1, 0.15) is 60.4 Å². The molecule has 4 unspecified atom stereocenters. The largest absolute Gasteiger partial charge is 0.480 e. The molecule has 3 aliphatic rings. The van der Waals surface area contributed by atoms with E-state index in [1.165, 1.54) is 0 Å². The number of carboxylic acids is 1. The van der Waals surface area contributed by atoms with Gasteiger partial charge in [-0.2, -0.15) is 0 Å². The van der Waals surface area contributed by atoms with Gasteiger partial charge >= 0.3 is 5.97 Å². The first-order valence-corrected chi connectivity index (χ1v) is 12.9. The van der Waals surface area contributed by atoms with Crippen LogP contribution >= 0.6 is 0 Å². The first-order valence-electron chi connectivity index (χ1n) is 12.9. The molecule has 0 bridgehead atoms. The molecule has 36 heavy (non-hydrogen) atoms. The van der Waals surface area contributed by atoms with Gasteiger partial charge in [0.25, 0.3) is 5.91 Å². The number of aldehydes is 1. The van der Waals surface area contributed by atoms with E-state index in [1.54, 1.807) is 0 Å². The second-order valence-corrected chi connectivity index (χ2v) is 10.5. The zero-order valence-electron chi connectivity index (χ0n) is 20.1. The number of nitrogens with zero attached hydrogens (tertiary/aromatic N) is 1. The lowest BCUT2D eigenvalue weighted by molar-refractivity contribution is -0.148. The van der Waals surface area contributed by atoms with Crippen molar-refractivity contribution in [1.29, 1.82) is 0 Å². The van der Waals surface area contributed by atoms with Gasteiger partial charge in [-0.3, -0.25) is 14.9 Å². The highest BCUT2D eigenvalue weighted by atomic mass is 16.4. The molecule has 3 aromatic carbocycles. The molecule has 184 valence electrons. The highest BCUT2D eigenvalue weighted by Crippen LogP contribution is 2.54. The normalized spacial score (nSPS) is 24.6. The van der Waals surface area contributed by atoms with Crippen molar-refractivity contribution >= 4 is 34.6 Å². The zero-order chi connectivity index (χ0) is 24.9. The van der Waals surface area contributed by atoms with Crippen molar-refractivity contribution in [1.82, 2.24) is 5.32 Å². The number of carbonyl (C=O) groups is 3. The molecule has 6 heteroatoms. The first kappa shape index (κ1) is 22.9. The van der Waals surface area contributed by atoms with Crippen molar-refractivity contribution in [3.8, 4) is 0 Å². The van der Waals surface area contributed by atoms with Crippen LogP contribution in [0.5, 0.6) is 0 Å². The number of carbonyl (C=O) groups excluding carboxylic acids is 2. The summed E-state index contributed by atoms with van der Waals surface area (Å²) in [5.74, 6) is -1.50. The summed E-state index contributed by atoms with van der Waals surface area (Å²) in [5.41, 5.74) is 0.866. The molecular weight excluding hydrogens is 452 g/mol. The molecule has 6 rings (SSSR count). The van der Waals surface area contributed by atoms with Crippen LogP contribution in [0, 0.1) is 5.92 Å². The van der Waals surface area contributed by atoms with E-state index in [1.807, 2.05) is 71.6 Å². The van der Waals surface area contributed by atoms with Crippen LogP contribution in [0.2, 0.25) is 0 Å². The first-order chi connectivity index (χ1) is 17.5. The van der Waals surface area contributed by atoms with Gasteiger partial charge in [0.15, 0.2) is 0 Å². The fourth-order valence-corrected chi connectivity index (χ4v) is 6.77. The monoisotopic (exact) mass is 482 g/mol. The third-order valence-corrected chi connectivity index (χ3v) is 8.42. The number of fused-ring (bicyclic) bond motifs is 3. The summed E-state index contributed by atoms with van der Waals surface area (Å²) >= 11 is 0. The Morgan fingerprint density at radius 2 is 1.72 bits per heavy atom. The van der Waals surface area contributed by atoms with Crippen molar-refractivity contribution in [2.45, 2.75) is 62.1 Å². The van der Waals surface area contributed by atoms with Gasteiger partial charge in [0, 0.05) is 35.7 Å². The lowest BCUT2D eigenvalue weighted by atomic mass is 9.65. The van der Waals surface area contributed by atoms with Gasteiger partial charge in [-0.15, -0.1) is 0 Å². The molecule has 0 radical (unpaired) electrons. The summed E-state index contributed by atoms with van der Waals surface area (Å²) in [4.78, 5) is 41.0. The number of amides is 1. The van der Waals surface area contributed by atoms with Crippen molar-refractivity contribution in [3.05, 3.63) is 77.9 Å². The summed E-state index contributed by atoms with van der Waals surface area (Å²) in [5, 5.41) is 15.9. The van der Waals surface area contributed by atoms with Crippen LogP contribution in [0.4, 0.5) is 5.69 Å². The van der Waals surface area contributed by atoms with E-state index < -0.39 is 17.4 Å². The Morgan fingerprint density at radius 1 is 0.972 bits per heavy atom. The average Bonchev–Trinajstić information content (AvgIpc) is 3.58. The quantitative estimate of drug-likeness (QED) is 0.467. The van der Waals surface area contributed by atoms with Crippen molar-refractivity contribution in [2.75, 3.05) is 4.90 Å². The molecule has 6 nitrogen and oxygen atoms in total.